The highest BCUT2D eigenvalue weighted by atomic mass is 31.2. The number of rotatable bonds is 6. The molecule has 1 atom stereocenters. The van der Waals surface area contributed by atoms with Gasteiger partial charge in [-0.25, -0.2) is 0 Å². The van der Waals surface area contributed by atoms with Gasteiger partial charge >= 0.3 is 7.60 Å². The first-order valence-electron chi connectivity index (χ1n) is 4.23. The Morgan fingerprint density at radius 3 is 2.29 bits per heavy atom. The zero-order valence-electron chi connectivity index (χ0n) is 8.16. The van der Waals surface area contributed by atoms with E-state index in [0.29, 0.717) is 0 Å². The highest BCUT2D eigenvalue weighted by Gasteiger charge is 2.30. The SMILES string of the molecule is CC(C)C(CCN([O-])C=O)P(=O)(O)O. The predicted molar refractivity (Wildman–Crippen MR) is 51.4 cm³/mol. The molecule has 0 aromatic carbocycles. The van der Waals surface area contributed by atoms with Crippen LogP contribution in [0.1, 0.15) is 20.3 Å². The number of hydrogen-bond acceptors (Lipinski definition) is 3. The first-order valence-corrected chi connectivity index (χ1v) is 5.91. The maximum Gasteiger partial charge on any atom is 0.328 e. The second-order valence-corrected chi connectivity index (χ2v) is 5.28. The Morgan fingerprint density at radius 2 is 2.00 bits per heavy atom. The van der Waals surface area contributed by atoms with Crippen LogP contribution in [0.2, 0.25) is 0 Å². The van der Waals surface area contributed by atoms with Crippen LogP contribution >= 0.6 is 7.60 Å². The van der Waals surface area contributed by atoms with Crippen LogP contribution in [0.15, 0.2) is 0 Å². The van der Waals surface area contributed by atoms with Crippen LogP contribution in [-0.2, 0) is 9.36 Å². The molecule has 0 radical (unpaired) electrons. The topological polar surface area (TPSA) is 101 Å². The van der Waals surface area contributed by atoms with Crippen LogP contribution in [0.4, 0.5) is 0 Å². The fraction of sp³-hybridized carbons (Fsp3) is 0.857. The Labute approximate surface area is 82.6 Å². The van der Waals surface area contributed by atoms with E-state index in [1.807, 2.05) is 0 Å². The van der Waals surface area contributed by atoms with Crippen LogP contribution in [-0.4, -0.2) is 33.5 Å². The van der Waals surface area contributed by atoms with E-state index in [0.717, 1.165) is 0 Å². The Bertz CT molecular complexity index is 226. The van der Waals surface area contributed by atoms with E-state index >= 15 is 0 Å². The number of hydroxylamine groups is 2. The molecule has 84 valence electrons. The highest BCUT2D eigenvalue weighted by molar-refractivity contribution is 7.52. The summed E-state index contributed by atoms with van der Waals surface area (Å²) in [5.74, 6) is -0.226. The molecular weight excluding hydrogens is 209 g/mol. The van der Waals surface area contributed by atoms with Crippen molar-refractivity contribution < 1.29 is 19.1 Å². The molecule has 0 aromatic heterocycles. The minimum atomic E-state index is -4.18. The highest BCUT2D eigenvalue weighted by Crippen LogP contribution is 2.46. The van der Waals surface area contributed by atoms with E-state index in [4.69, 9.17) is 9.79 Å². The normalized spacial score (nSPS) is 14.1. The third kappa shape index (κ3) is 4.72. The number of carbonyl (C=O) groups is 1. The van der Waals surface area contributed by atoms with Gasteiger partial charge in [0.05, 0.1) is 5.66 Å². The van der Waals surface area contributed by atoms with E-state index < -0.39 is 13.3 Å². The molecule has 0 rings (SSSR count). The Balaban J connectivity index is 4.26. The fourth-order valence-electron chi connectivity index (χ4n) is 1.20. The summed E-state index contributed by atoms with van der Waals surface area (Å²) in [5.41, 5.74) is -0.862. The van der Waals surface area contributed by atoms with E-state index in [9.17, 15) is 14.6 Å². The second kappa shape index (κ2) is 5.46. The molecule has 0 fully saturated rings. The Kier molecular flexibility index (Phi) is 5.29. The maximum absolute atomic E-state index is 11.0. The number of carbonyl (C=O) groups excluding carboxylic acids is 1. The van der Waals surface area contributed by atoms with Gasteiger partial charge in [-0.2, -0.15) is 0 Å². The predicted octanol–water partition coefficient (Wildman–Crippen LogP) is 0.535. The lowest BCUT2D eigenvalue weighted by Gasteiger charge is -2.27. The molecule has 0 bridgehead atoms. The van der Waals surface area contributed by atoms with Crippen molar-refractivity contribution in [2.75, 3.05) is 6.54 Å². The van der Waals surface area contributed by atoms with Gasteiger partial charge in [0, 0.05) is 6.54 Å². The lowest BCUT2D eigenvalue weighted by molar-refractivity contribution is -0.116. The van der Waals surface area contributed by atoms with Crippen molar-refractivity contribution in [3.05, 3.63) is 5.21 Å². The summed E-state index contributed by atoms with van der Waals surface area (Å²) in [6, 6.07) is 0. The molecule has 1 amide bonds. The number of hydrogen-bond donors (Lipinski definition) is 2. The fourth-order valence-corrected chi connectivity index (χ4v) is 2.43. The molecule has 0 aliphatic carbocycles. The lowest BCUT2D eigenvalue weighted by Crippen LogP contribution is -2.24. The quantitative estimate of drug-likeness (QED) is 0.389. The summed E-state index contributed by atoms with van der Waals surface area (Å²) in [6.45, 7) is 3.15. The van der Waals surface area contributed by atoms with Crippen LogP contribution in [0, 0.1) is 11.1 Å². The van der Waals surface area contributed by atoms with Crippen molar-refractivity contribution in [3.63, 3.8) is 0 Å². The first-order chi connectivity index (χ1) is 6.29. The van der Waals surface area contributed by atoms with E-state index in [2.05, 4.69) is 0 Å². The van der Waals surface area contributed by atoms with Crippen LogP contribution in [0.25, 0.3) is 0 Å². The maximum atomic E-state index is 11.0. The van der Waals surface area contributed by atoms with Crippen molar-refractivity contribution in [1.29, 1.82) is 0 Å². The third-order valence-corrected chi connectivity index (χ3v) is 3.68. The minimum Gasteiger partial charge on any atom is -0.756 e. The van der Waals surface area contributed by atoms with Gasteiger partial charge in [0.1, 0.15) is 0 Å². The molecule has 14 heavy (non-hydrogen) atoms. The van der Waals surface area contributed by atoms with E-state index in [1.54, 1.807) is 13.8 Å². The van der Waals surface area contributed by atoms with Gasteiger partial charge < -0.3 is 20.1 Å². The Hall–Kier alpha value is -0.420. The van der Waals surface area contributed by atoms with Crippen molar-refractivity contribution in [2.24, 2.45) is 5.92 Å². The number of nitrogens with zero attached hydrogens (tertiary/aromatic N) is 1. The average molecular weight is 224 g/mol. The van der Waals surface area contributed by atoms with E-state index in [1.165, 1.54) is 0 Å². The van der Waals surface area contributed by atoms with Crippen LogP contribution in [0.5, 0.6) is 0 Å². The summed E-state index contributed by atoms with van der Waals surface area (Å²) in [4.78, 5) is 27.8. The molecule has 7 heteroatoms. The smallest absolute Gasteiger partial charge is 0.328 e. The summed E-state index contributed by atoms with van der Waals surface area (Å²) in [6.07, 6.45) is 0.112. The van der Waals surface area contributed by atoms with Crippen molar-refractivity contribution in [1.82, 2.24) is 5.06 Å². The molecule has 0 aromatic rings. The summed E-state index contributed by atoms with van der Waals surface area (Å²) in [7, 11) is -4.18. The molecular formula is C7H15NO5P-. The molecule has 2 N–H and O–H groups in total. The zero-order chi connectivity index (χ0) is 11.4. The third-order valence-electron chi connectivity index (χ3n) is 1.96. The average Bonchev–Trinajstić information content (AvgIpc) is 2.01. The summed E-state index contributed by atoms with van der Waals surface area (Å²) >= 11 is 0. The van der Waals surface area contributed by atoms with Crippen molar-refractivity contribution in [3.8, 4) is 0 Å². The molecule has 6 nitrogen and oxygen atoms in total. The largest absolute Gasteiger partial charge is 0.756 e. The summed E-state index contributed by atoms with van der Waals surface area (Å²) in [5, 5.41) is 10.7. The van der Waals surface area contributed by atoms with Gasteiger partial charge in [-0.05, 0) is 12.3 Å². The summed E-state index contributed by atoms with van der Waals surface area (Å²) < 4.78 is 11.0. The van der Waals surface area contributed by atoms with E-state index in [-0.39, 0.29) is 30.4 Å². The van der Waals surface area contributed by atoms with Gasteiger partial charge in [-0.1, -0.05) is 13.8 Å². The zero-order valence-corrected chi connectivity index (χ0v) is 9.05. The standard InChI is InChI=1S/C7H15NO5P/c1-6(2)7(14(11,12)13)3-4-8(10)5-9/h5-7H,3-4H2,1-2H3,(H2,11,12,13)/q-1. The van der Waals surface area contributed by atoms with Crippen LogP contribution in [0.3, 0.4) is 0 Å². The lowest BCUT2D eigenvalue weighted by atomic mass is 10.1. The van der Waals surface area contributed by atoms with Gasteiger partial charge in [0.15, 0.2) is 6.41 Å². The second-order valence-electron chi connectivity index (χ2n) is 3.44. The number of amides is 1. The molecule has 0 saturated carbocycles. The molecule has 1 unspecified atom stereocenters. The van der Waals surface area contributed by atoms with Gasteiger partial charge in [-0.15, -0.1) is 0 Å². The van der Waals surface area contributed by atoms with Gasteiger partial charge in [0.25, 0.3) is 0 Å². The molecule has 0 aliphatic heterocycles. The molecule has 0 saturated heterocycles. The molecule has 0 aliphatic rings. The van der Waals surface area contributed by atoms with Crippen LogP contribution < -0.4 is 0 Å². The van der Waals surface area contributed by atoms with Gasteiger partial charge in [0.2, 0.25) is 0 Å². The first kappa shape index (κ1) is 13.6. The minimum absolute atomic E-state index is 0.0180. The molecule has 0 heterocycles. The Morgan fingerprint density at radius 1 is 1.50 bits per heavy atom. The monoisotopic (exact) mass is 224 g/mol. The molecule has 0 spiro atoms. The van der Waals surface area contributed by atoms with Crippen molar-refractivity contribution in [2.45, 2.75) is 25.9 Å². The van der Waals surface area contributed by atoms with Gasteiger partial charge in [-0.3, -0.25) is 9.36 Å². The van der Waals surface area contributed by atoms with Crippen molar-refractivity contribution >= 4 is 14.0 Å².